The van der Waals surface area contributed by atoms with Crippen LogP contribution in [0.4, 0.5) is 0 Å². The highest BCUT2D eigenvalue weighted by Crippen LogP contribution is 2.27. The van der Waals surface area contributed by atoms with Crippen molar-refractivity contribution in [1.29, 1.82) is 0 Å². The van der Waals surface area contributed by atoms with Gasteiger partial charge in [-0.3, -0.25) is 9.48 Å². The molecule has 0 fully saturated rings. The fraction of sp³-hybridized carbons (Fsp3) is 0.462. The average molecular weight is 308 g/mol. The summed E-state index contributed by atoms with van der Waals surface area (Å²) >= 11 is 1.27. The molecule has 7 nitrogen and oxygen atoms in total. The minimum absolute atomic E-state index is 0.0358. The Kier molecular flexibility index (Phi) is 3.64. The van der Waals surface area contributed by atoms with Gasteiger partial charge in [-0.1, -0.05) is 11.3 Å². The monoisotopic (exact) mass is 308 g/mol. The highest BCUT2D eigenvalue weighted by molar-refractivity contribution is 7.15. The number of hydrogen-bond donors (Lipinski definition) is 1. The number of aliphatic hydroxyl groups excluding tert-OH is 1. The Morgan fingerprint density at radius 2 is 2.33 bits per heavy atom. The summed E-state index contributed by atoms with van der Waals surface area (Å²) in [6.45, 7) is 3.45. The molecule has 0 saturated heterocycles. The Morgan fingerprint density at radius 1 is 1.52 bits per heavy atom. The number of aliphatic hydroxyl groups is 1. The second-order valence-electron chi connectivity index (χ2n) is 4.83. The first-order valence-corrected chi connectivity index (χ1v) is 7.41. The van der Waals surface area contributed by atoms with E-state index in [4.69, 9.17) is 9.84 Å². The van der Waals surface area contributed by atoms with Gasteiger partial charge in [0, 0.05) is 6.54 Å². The number of amides is 1. The maximum atomic E-state index is 12.6. The van der Waals surface area contributed by atoms with Crippen LogP contribution >= 0.6 is 11.3 Å². The molecule has 112 valence electrons. The van der Waals surface area contributed by atoms with Crippen molar-refractivity contribution >= 4 is 17.2 Å². The smallest absolute Gasteiger partial charge is 0.273 e. The van der Waals surface area contributed by atoms with Crippen molar-refractivity contribution in [2.45, 2.75) is 26.6 Å². The molecule has 1 N–H and O–H groups in total. The Bertz CT molecular complexity index is 679. The lowest BCUT2D eigenvalue weighted by Crippen LogP contribution is -2.38. The van der Waals surface area contributed by atoms with E-state index in [1.165, 1.54) is 11.3 Å². The fourth-order valence-electron chi connectivity index (χ4n) is 2.38. The number of aromatic nitrogens is 3. The van der Waals surface area contributed by atoms with Gasteiger partial charge in [0.2, 0.25) is 0 Å². The summed E-state index contributed by atoms with van der Waals surface area (Å²) in [6, 6.07) is 1.83. The van der Waals surface area contributed by atoms with Gasteiger partial charge in [-0.2, -0.15) is 5.10 Å². The topological polar surface area (TPSA) is 80.5 Å². The van der Waals surface area contributed by atoms with E-state index in [0.29, 0.717) is 41.1 Å². The van der Waals surface area contributed by atoms with Crippen LogP contribution in [0.25, 0.3) is 0 Å². The van der Waals surface area contributed by atoms with Crippen LogP contribution in [0.15, 0.2) is 6.07 Å². The van der Waals surface area contributed by atoms with Crippen molar-refractivity contribution in [2.24, 2.45) is 0 Å². The molecule has 0 spiro atoms. The molecule has 0 atom stereocenters. The van der Waals surface area contributed by atoms with Crippen LogP contribution in [0.1, 0.15) is 26.8 Å². The molecule has 2 aromatic heterocycles. The van der Waals surface area contributed by atoms with E-state index >= 15 is 0 Å². The predicted molar refractivity (Wildman–Crippen MR) is 76.3 cm³/mol. The summed E-state index contributed by atoms with van der Waals surface area (Å²) in [5, 5.41) is 13.9. The van der Waals surface area contributed by atoms with Crippen molar-refractivity contribution in [2.75, 3.05) is 13.7 Å². The van der Waals surface area contributed by atoms with Crippen LogP contribution in [0.2, 0.25) is 0 Å². The zero-order valence-electron chi connectivity index (χ0n) is 11.9. The van der Waals surface area contributed by atoms with Crippen LogP contribution in [0.5, 0.6) is 5.19 Å². The molecule has 3 heterocycles. The molecule has 2 aromatic rings. The molecule has 1 amide bonds. The first-order chi connectivity index (χ1) is 10.1. The normalized spacial score (nSPS) is 14.1. The molecule has 21 heavy (non-hydrogen) atoms. The molecule has 0 unspecified atom stereocenters. The third-order valence-electron chi connectivity index (χ3n) is 3.44. The van der Waals surface area contributed by atoms with E-state index in [2.05, 4.69) is 10.1 Å². The van der Waals surface area contributed by atoms with E-state index in [1.807, 2.05) is 17.7 Å². The molecule has 0 aromatic carbocycles. The molecule has 0 bridgehead atoms. The van der Waals surface area contributed by atoms with Gasteiger partial charge in [0.1, 0.15) is 4.88 Å². The van der Waals surface area contributed by atoms with Crippen molar-refractivity contribution in [3.8, 4) is 5.19 Å². The predicted octanol–water partition coefficient (Wildman–Crippen LogP) is 0.805. The van der Waals surface area contributed by atoms with Crippen molar-refractivity contribution in [1.82, 2.24) is 19.7 Å². The first kappa shape index (κ1) is 14.0. The lowest BCUT2D eigenvalue weighted by Gasteiger charge is -2.27. The number of fused-ring (bicyclic) bond motifs is 1. The zero-order chi connectivity index (χ0) is 15.0. The summed E-state index contributed by atoms with van der Waals surface area (Å²) < 4.78 is 6.92. The molecule has 3 rings (SSSR count). The first-order valence-electron chi connectivity index (χ1n) is 6.59. The number of carbonyl (C=O) groups is 1. The highest BCUT2D eigenvalue weighted by atomic mass is 32.1. The lowest BCUT2D eigenvalue weighted by atomic mass is 10.2. The van der Waals surface area contributed by atoms with Crippen LogP contribution < -0.4 is 4.74 Å². The fourth-order valence-corrected chi connectivity index (χ4v) is 3.23. The maximum Gasteiger partial charge on any atom is 0.273 e. The number of aryl methyl sites for hydroxylation is 1. The Balaban J connectivity index is 1.81. The molecule has 1 aliphatic rings. The second kappa shape index (κ2) is 5.45. The lowest BCUT2D eigenvalue weighted by molar-refractivity contribution is 0.0710. The van der Waals surface area contributed by atoms with E-state index in [-0.39, 0.29) is 12.5 Å². The van der Waals surface area contributed by atoms with Gasteiger partial charge in [-0.25, -0.2) is 4.98 Å². The number of ether oxygens (including phenoxy) is 1. The largest absolute Gasteiger partial charge is 0.473 e. The SMILES string of the molecule is COc1nc(C)c(C(=O)N2CCn3nc(CO)cc3C2)s1. The number of thiazole rings is 1. The van der Waals surface area contributed by atoms with Crippen LogP contribution in [-0.4, -0.2) is 44.3 Å². The number of rotatable bonds is 3. The van der Waals surface area contributed by atoms with Gasteiger partial charge in [0.15, 0.2) is 0 Å². The minimum atomic E-state index is -0.0842. The van der Waals surface area contributed by atoms with E-state index < -0.39 is 0 Å². The molecule has 0 saturated carbocycles. The standard InChI is InChI=1S/C13H16N4O3S/c1-8-11(21-13(14-8)20-2)12(19)16-3-4-17-10(6-16)5-9(7-18)15-17/h5,18H,3-4,6-7H2,1-2H3. The van der Waals surface area contributed by atoms with E-state index in [0.717, 1.165) is 5.69 Å². The molecular formula is C13H16N4O3S. The summed E-state index contributed by atoms with van der Waals surface area (Å²) in [5.41, 5.74) is 2.26. The third-order valence-corrected chi connectivity index (χ3v) is 4.55. The van der Waals surface area contributed by atoms with Crippen molar-refractivity contribution in [3.05, 3.63) is 28.0 Å². The van der Waals surface area contributed by atoms with Gasteiger partial charge >= 0.3 is 0 Å². The number of methoxy groups -OCH3 is 1. The second-order valence-corrected chi connectivity index (χ2v) is 5.80. The number of carbonyl (C=O) groups excluding carboxylic acids is 1. The molecule has 1 aliphatic heterocycles. The summed E-state index contributed by atoms with van der Waals surface area (Å²) in [7, 11) is 1.54. The summed E-state index contributed by atoms with van der Waals surface area (Å²) in [5.74, 6) is -0.0358. The van der Waals surface area contributed by atoms with Gasteiger partial charge in [0.25, 0.3) is 11.1 Å². The average Bonchev–Trinajstić information content (AvgIpc) is 3.08. The molecule has 0 aliphatic carbocycles. The minimum Gasteiger partial charge on any atom is -0.473 e. The van der Waals surface area contributed by atoms with E-state index in [1.54, 1.807) is 12.0 Å². The Labute approximate surface area is 125 Å². The van der Waals surface area contributed by atoms with Crippen molar-refractivity contribution in [3.63, 3.8) is 0 Å². The van der Waals surface area contributed by atoms with Gasteiger partial charge in [0.05, 0.1) is 43.9 Å². The summed E-state index contributed by atoms with van der Waals surface area (Å²) in [4.78, 5) is 19.2. The number of hydrogen-bond acceptors (Lipinski definition) is 6. The Hall–Kier alpha value is -1.93. The van der Waals surface area contributed by atoms with Crippen LogP contribution in [0, 0.1) is 6.92 Å². The van der Waals surface area contributed by atoms with Crippen LogP contribution in [-0.2, 0) is 19.7 Å². The molecule has 8 heteroatoms. The van der Waals surface area contributed by atoms with Crippen molar-refractivity contribution < 1.29 is 14.6 Å². The maximum absolute atomic E-state index is 12.6. The molecule has 0 radical (unpaired) electrons. The van der Waals surface area contributed by atoms with Crippen LogP contribution in [0.3, 0.4) is 0 Å². The van der Waals surface area contributed by atoms with Gasteiger partial charge in [-0.05, 0) is 13.0 Å². The molecular weight excluding hydrogens is 292 g/mol. The third kappa shape index (κ3) is 2.52. The zero-order valence-corrected chi connectivity index (χ0v) is 12.7. The summed E-state index contributed by atoms with van der Waals surface area (Å²) in [6.07, 6.45) is 0. The Morgan fingerprint density at radius 3 is 3.00 bits per heavy atom. The van der Waals surface area contributed by atoms with E-state index in [9.17, 15) is 4.79 Å². The quantitative estimate of drug-likeness (QED) is 0.907. The number of nitrogens with zero attached hydrogens (tertiary/aromatic N) is 4. The van der Waals surface area contributed by atoms with Gasteiger partial charge in [-0.15, -0.1) is 0 Å². The van der Waals surface area contributed by atoms with Gasteiger partial charge < -0.3 is 14.7 Å². The highest BCUT2D eigenvalue weighted by Gasteiger charge is 2.26.